The average Bonchev–Trinajstić information content (AvgIpc) is 2.92. The molecule has 1 aliphatic rings. The van der Waals surface area contributed by atoms with E-state index in [4.69, 9.17) is 5.11 Å². The van der Waals surface area contributed by atoms with Gasteiger partial charge in [-0.3, -0.25) is 14.6 Å². The lowest BCUT2D eigenvalue weighted by Gasteiger charge is -2.28. The maximum Gasteiger partial charge on any atom is 0.354 e. The van der Waals surface area contributed by atoms with Crippen LogP contribution in [0.3, 0.4) is 0 Å². The third-order valence-corrected chi connectivity index (χ3v) is 4.39. The van der Waals surface area contributed by atoms with Crippen LogP contribution in [0.15, 0.2) is 34.8 Å². The van der Waals surface area contributed by atoms with Crippen molar-refractivity contribution in [2.75, 3.05) is 18.0 Å². The Hall–Kier alpha value is -2.98. The number of hydrogen-bond donors (Lipinski definition) is 2. The van der Waals surface area contributed by atoms with E-state index in [0.29, 0.717) is 0 Å². The summed E-state index contributed by atoms with van der Waals surface area (Å²) in [7, 11) is 1.48. The molecule has 0 spiro atoms. The first kappa shape index (κ1) is 16.9. The molecule has 3 rings (SSSR count). The van der Waals surface area contributed by atoms with Gasteiger partial charge in [0.25, 0.3) is 5.56 Å². The molecule has 1 saturated heterocycles. The van der Waals surface area contributed by atoms with Crippen molar-refractivity contribution in [1.29, 1.82) is 0 Å². The predicted molar refractivity (Wildman–Crippen MR) is 97.9 cm³/mol. The number of piperidine rings is 1. The van der Waals surface area contributed by atoms with Crippen LogP contribution in [0.25, 0.3) is 12.2 Å². The fraction of sp³-hybridized carbons (Fsp3) is 0.316. The van der Waals surface area contributed by atoms with Gasteiger partial charge in [-0.2, -0.15) is 0 Å². The number of carboxylic acid groups (broad SMARTS) is 1. The quantitative estimate of drug-likeness (QED) is 0.840. The number of rotatable bonds is 4. The van der Waals surface area contributed by atoms with Gasteiger partial charge >= 0.3 is 5.97 Å². The Balaban J connectivity index is 1.79. The number of aromatic carboxylic acids is 1. The van der Waals surface area contributed by atoms with Crippen molar-refractivity contribution in [3.05, 3.63) is 57.2 Å². The maximum absolute atomic E-state index is 11.9. The monoisotopic (exact) mass is 339 g/mol. The molecule has 1 aromatic heterocycles. The highest BCUT2D eigenvalue weighted by Crippen LogP contribution is 2.20. The fourth-order valence-corrected chi connectivity index (χ4v) is 3.02. The zero-order chi connectivity index (χ0) is 17.8. The molecule has 0 unspecified atom stereocenters. The van der Waals surface area contributed by atoms with Gasteiger partial charge in [-0.25, -0.2) is 4.79 Å². The minimum atomic E-state index is -1.17. The van der Waals surface area contributed by atoms with Crippen molar-refractivity contribution in [3.8, 4) is 0 Å². The molecule has 2 aromatic rings. The average molecular weight is 339 g/mol. The fourth-order valence-electron chi connectivity index (χ4n) is 3.02. The van der Waals surface area contributed by atoms with Crippen LogP contribution in [0, 0.1) is 0 Å². The molecule has 0 radical (unpaired) electrons. The second-order valence-electron chi connectivity index (χ2n) is 6.16. The zero-order valence-electron chi connectivity index (χ0n) is 14.2. The molecule has 1 aliphatic heterocycles. The summed E-state index contributed by atoms with van der Waals surface area (Å²) in [6.45, 7) is 2.20. The molecular formula is C19H21N3O3. The second kappa shape index (κ2) is 7.28. The molecule has 130 valence electrons. The van der Waals surface area contributed by atoms with Gasteiger partial charge in [0.1, 0.15) is 0 Å². The molecule has 6 nitrogen and oxygen atoms in total. The molecule has 0 aliphatic carbocycles. The number of anilines is 1. The maximum atomic E-state index is 11.9. The number of nitrogens with one attached hydrogen (secondary N) is 1. The van der Waals surface area contributed by atoms with Crippen LogP contribution in [-0.4, -0.2) is 33.9 Å². The Bertz CT molecular complexity index is 878. The third-order valence-electron chi connectivity index (χ3n) is 4.39. The predicted octanol–water partition coefficient (Wildman–Crippen LogP) is 2.73. The van der Waals surface area contributed by atoms with Gasteiger partial charge < -0.3 is 10.0 Å². The van der Waals surface area contributed by atoms with Crippen LogP contribution >= 0.6 is 0 Å². The van der Waals surface area contributed by atoms with Crippen LogP contribution in [0.5, 0.6) is 0 Å². The summed E-state index contributed by atoms with van der Waals surface area (Å²) in [5, 5.41) is 11.6. The lowest BCUT2D eigenvalue weighted by molar-refractivity contribution is 0.0689. The van der Waals surface area contributed by atoms with Gasteiger partial charge in [-0.15, -0.1) is 5.73 Å². The molecule has 0 atom stereocenters. The van der Waals surface area contributed by atoms with E-state index >= 15 is 0 Å². The summed E-state index contributed by atoms with van der Waals surface area (Å²) in [6, 6.07) is 8.16. The molecule has 2 heterocycles. The molecule has 2 N–H and O–H groups in total. The third kappa shape index (κ3) is 3.75. The molecule has 6 heteroatoms. The van der Waals surface area contributed by atoms with Crippen molar-refractivity contribution in [2.45, 2.75) is 19.3 Å². The largest absolute Gasteiger partial charge is 0.477 e. The molecule has 25 heavy (non-hydrogen) atoms. The summed E-state index contributed by atoms with van der Waals surface area (Å²) >= 11 is 0. The molecular weight excluding hydrogens is 318 g/mol. The summed E-state index contributed by atoms with van der Waals surface area (Å²) in [4.78, 5) is 25.5. The van der Waals surface area contributed by atoms with Crippen LogP contribution in [0.2, 0.25) is 0 Å². The lowest BCUT2D eigenvalue weighted by atomic mass is 10.1. The van der Waals surface area contributed by atoms with E-state index in [1.807, 2.05) is 12.1 Å². The second-order valence-corrected chi connectivity index (χ2v) is 6.16. The van der Waals surface area contributed by atoms with Gasteiger partial charge in [-0.05, 0) is 49.1 Å². The Morgan fingerprint density at radius 1 is 1.16 bits per heavy atom. The first-order chi connectivity index (χ1) is 12.1. The van der Waals surface area contributed by atoms with E-state index in [1.165, 1.54) is 38.1 Å². The van der Waals surface area contributed by atoms with Crippen molar-refractivity contribution in [3.63, 3.8) is 0 Å². The topological polar surface area (TPSA) is 78.3 Å². The normalized spacial score (nSPS) is 14.0. The molecule has 1 aromatic carbocycles. The summed E-state index contributed by atoms with van der Waals surface area (Å²) in [6.07, 6.45) is 6.92. The number of aromatic nitrogens is 2. The SMILES string of the molecule is Cn1[nH]c(C(=O)O)c(C=C=Cc2ccc(N3CCCCC3)cc2)c1=O. The standard InChI is InChI=1S/C19H21N3O3/c1-21-18(23)16(17(20-21)19(24)25)7-5-6-14-8-10-15(11-9-14)22-12-3-2-4-13-22/h6-11,20H,2-4,12-13H2,1H3,(H,24,25). The number of benzene rings is 1. The van der Waals surface area contributed by atoms with Crippen molar-refractivity contribution in [1.82, 2.24) is 9.78 Å². The van der Waals surface area contributed by atoms with Crippen molar-refractivity contribution in [2.24, 2.45) is 7.05 Å². The van der Waals surface area contributed by atoms with E-state index in [2.05, 4.69) is 27.9 Å². The van der Waals surface area contributed by atoms with Gasteiger partial charge in [-0.1, -0.05) is 12.1 Å². The van der Waals surface area contributed by atoms with Gasteiger partial charge in [0.05, 0.1) is 5.56 Å². The van der Waals surface area contributed by atoms with Crippen molar-refractivity contribution < 1.29 is 9.90 Å². The van der Waals surface area contributed by atoms with E-state index in [-0.39, 0.29) is 11.3 Å². The van der Waals surface area contributed by atoms with E-state index in [1.54, 1.807) is 6.08 Å². The number of carboxylic acids is 1. The van der Waals surface area contributed by atoms with Gasteiger partial charge in [0.15, 0.2) is 5.69 Å². The minimum Gasteiger partial charge on any atom is -0.477 e. The van der Waals surface area contributed by atoms with Crippen LogP contribution in [0.4, 0.5) is 5.69 Å². The zero-order valence-corrected chi connectivity index (χ0v) is 14.2. The number of nitrogens with zero attached hydrogens (tertiary/aromatic N) is 2. The van der Waals surface area contributed by atoms with Crippen LogP contribution in [0.1, 0.15) is 40.9 Å². The van der Waals surface area contributed by atoms with Crippen LogP contribution in [-0.2, 0) is 7.05 Å². The Morgan fingerprint density at radius 2 is 1.84 bits per heavy atom. The van der Waals surface area contributed by atoms with E-state index in [9.17, 15) is 9.59 Å². The van der Waals surface area contributed by atoms with Gasteiger partial charge in [0, 0.05) is 25.8 Å². The number of H-pyrrole nitrogens is 1. The smallest absolute Gasteiger partial charge is 0.354 e. The molecule has 1 fully saturated rings. The number of aromatic amines is 1. The lowest BCUT2D eigenvalue weighted by Crippen LogP contribution is -2.29. The highest BCUT2D eigenvalue weighted by Gasteiger charge is 2.15. The highest BCUT2D eigenvalue weighted by molar-refractivity contribution is 5.89. The number of carbonyl (C=O) groups is 1. The Kier molecular flexibility index (Phi) is 4.91. The molecule has 0 bridgehead atoms. The molecule has 0 saturated carbocycles. The summed E-state index contributed by atoms with van der Waals surface area (Å²) < 4.78 is 1.14. The van der Waals surface area contributed by atoms with Crippen LogP contribution < -0.4 is 10.5 Å². The number of aryl methyl sites for hydroxylation is 1. The first-order valence-electron chi connectivity index (χ1n) is 8.36. The Labute approximate surface area is 145 Å². The van der Waals surface area contributed by atoms with Gasteiger partial charge in [0.2, 0.25) is 0 Å². The Morgan fingerprint density at radius 3 is 2.48 bits per heavy atom. The number of hydrogen-bond acceptors (Lipinski definition) is 3. The van der Waals surface area contributed by atoms with E-state index in [0.717, 1.165) is 23.3 Å². The highest BCUT2D eigenvalue weighted by atomic mass is 16.4. The van der Waals surface area contributed by atoms with Crippen molar-refractivity contribution >= 4 is 23.8 Å². The van der Waals surface area contributed by atoms with E-state index < -0.39 is 11.5 Å². The summed E-state index contributed by atoms with van der Waals surface area (Å²) in [5.41, 5.74) is 4.64. The summed E-state index contributed by atoms with van der Waals surface area (Å²) in [5.74, 6) is -1.17. The minimum absolute atomic E-state index is 0.0937. The first-order valence-corrected chi connectivity index (χ1v) is 8.36. The molecule has 0 amide bonds.